The molecule has 0 aromatic carbocycles. The Morgan fingerprint density at radius 3 is 2.76 bits per heavy atom. The van der Waals surface area contributed by atoms with Gasteiger partial charge in [-0.15, -0.1) is 0 Å². The molecule has 0 saturated carbocycles. The SMILES string of the molecule is CCCCOc1ccc(CNCC(C)C)nc1. The fourth-order valence-electron chi connectivity index (χ4n) is 1.42. The number of nitrogens with zero attached hydrogens (tertiary/aromatic N) is 1. The van der Waals surface area contributed by atoms with E-state index in [2.05, 4.69) is 31.1 Å². The first-order valence-corrected chi connectivity index (χ1v) is 6.50. The largest absolute Gasteiger partial charge is 0.492 e. The number of aromatic nitrogens is 1. The molecule has 0 spiro atoms. The third kappa shape index (κ3) is 6.27. The molecular formula is C14H24N2O. The van der Waals surface area contributed by atoms with Gasteiger partial charge in [0.2, 0.25) is 0 Å². The van der Waals surface area contributed by atoms with Crippen molar-refractivity contribution in [3.63, 3.8) is 0 Å². The summed E-state index contributed by atoms with van der Waals surface area (Å²) in [6.07, 6.45) is 4.06. The van der Waals surface area contributed by atoms with Crippen LogP contribution in [0.2, 0.25) is 0 Å². The molecular weight excluding hydrogens is 212 g/mol. The van der Waals surface area contributed by atoms with Crippen LogP contribution in [0.5, 0.6) is 5.75 Å². The van der Waals surface area contributed by atoms with Gasteiger partial charge < -0.3 is 10.1 Å². The smallest absolute Gasteiger partial charge is 0.137 e. The summed E-state index contributed by atoms with van der Waals surface area (Å²) >= 11 is 0. The zero-order valence-electron chi connectivity index (χ0n) is 11.2. The lowest BCUT2D eigenvalue weighted by Crippen LogP contribution is -2.19. The maximum atomic E-state index is 5.56. The van der Waals surface area contributed by atoms with Crippen LogP contribution >= 0.6 is 0 Å². The molecule has 0 atom stereocenters. The quantitative estimate of drug-likeness (QED) is 0.705. The molecule has 0 bridgehead atoms. The molecule has 1 rings (SSSR count). The minimum absolute atomic E-state index is 0.673. The minimum atomic E-state index is 0.673. The van der Waals surface area contributed by atoms with Crippen molar-refractivity contribution in [3.05, 3.63) is 24.0 Å². The van der Waals surface area contributed by atoms with Gasteiger partial charge in [0.05, 0.1) is 18.5 Å². The summed E-state index contributed by atoms with van der Waals surface area (Å²) in [4.78, 5) is 4.37. The molecule has 0 fully saturated rings. The number of hydrogen-bond donors (Lipinski definition) is 1. The number of ether oxygens (including phenoxy) is 1. The average Bonchev–Trinajstić information content (AvgIpc) is 2.31. The van der Waals surface area contributed by atoms with Crippen molar-refractivity contribution < 1.29 is 4.74 Å². The summed E-state index contributed by atoms with van der Waals surface area (Å²) in [5, 5.41) is 3.37. The van der Waals surface area contributed by atoms with Gasteiger partial charge in [0.25, 0.3) is 0 Å². The Kier molecular flexibility index (Phi) is 6.63. The van der Waals surface area contributed by atoms with E-state index >= 15 is 0 Å². The predicted molar refractivity (Wildman–Crippen MR) is 71.2 cm³/mol. The second kappa shape index (κ2) is 8.07. The van der Waals surface area contributed by atoms with E-state index in [4.69, 9.17) is 4.74 Å². The fourth-order valence-corrected chi connectivity index (χ4v) is 1.42. The number of rotatable bonds is 8. The number of nitrogens with one attached hydrogen (secondary N) is 1. The Morgan fingerprint density at radius 1 is 1.35 bits per heavy atom. The third-order valence-corrected chi connectivity index (χ3v) is 2.42. The maximum Gasteiger partial charge on any atom is 0.137 e. The van der Waals surface area contributed by atoms with E-state index in [1.807, 2.05) is 18.3 Å². The number of hydrogen-bond acceptors (Lipinski definition) is 3. The van der Waals surface area contributed by atoms with Crippen LogP contribution < -0.4 is 10.1 Å². The summed E-state index contributed by atoms with van der Waals surface area (Å²) in [5.41, 5.74) is 1.06. The van der Waals surface area contributed by atoms with E-state index in [1.54, 1.807) is 0 Å². The number of unbranched alkanes of at least 4 members (excludes halogenated alkanes) is 1. The van der Waals surface area contributed by atoms with Crippen LogP contribution in [0.25, 0.3) is 0 Å². The summed E-state index contributed by atoms with van der Waals surface area (Å²) in [7, 11) is 0. The average molecular weight is 236 g/mol. The Balaban J connectivity index is 2.29. The van der Waals surface area contributed by atoms with Crippen molar-refractivity contribution >= 4 is 0 Å². The van der Waals surface area contributed by atoms with Crippen LogP contribution in [0, 0.1) is 5.92 Å². The molecule has 1 heterocycles. The molecule has 96 valence electrons. The third-order valence-electron chi connectivity index (χ3n) is 2.42. The first-order chi connectivity index (χ1) is 8.22. The van der Waals surface area contributed by atoms with Crippen molar-refractivity contribution in [2.45, 2.75) is 40.2 Å². The van der Waals surface area contributed by atoms with E-state index < -0.39 is 0 Å². The second-order valence-corrected chi connectivity index (χ2v) is 4.71. The highest BCUT2D eigenvalue weighted by Crippen LogP contribution is 2.09. The molecule has 1 aromatic rings. The molecule has 0 aliphatic heterocycles. The molecule has 0 aliphatic rings. The monoisotopic (exact) mass is 236 g/mol. The zero-order chi connectivity index (χ0) is 12.5. The molecule has 3 heteroatoms. The highest BCUT2D eigenvalue weighted by Gasteiger charge is 1.98. The van der Waals surface area contributed by atoms with Gasteiger partial charge in [-0.2, -0.15) is 0 Å². The van der Waals surface area contributed by atoms with Crippen LogP contribution in [0.3, 0.4) is 0 Å². The topological polar surface area (TPSA) is 34.1 Å². The van der Waals surface area contributed by atoms with Crippen LogP contribution in [0.15, 0.2) is 18.3 Å². The molecule has 3 nitrogen and oxygen atoms in total. The Labute approximate surface area is 105 Å². The molecule has 1 aromatic heterocycles. The van der Waals surface area contributed by atoms with E-state index in [0.717, 1.165) is 44.0 Å². The van der Waals surface area contributed by atoms with Crippen LogP contribution in [-0.4, -0.2) is 18.1 Å². The lowest BCUT2D eigenvalue weighted by atomic mass is 10.2. The molecule has 0 unspecified atom stereocenters. The summed E-state index contributed by atoms with van der Waals surface area (Å²) < 4.78 is 5.56. The van der Waals surface area contributed by atoms with Gasteiger partial charge in [-0.1, -0.05) is 27.2 Å². The van der Waals surface area contributed by atoms with E-state index in [9.17, 15) is 0 Å². The number of pyridine rings is 1. The van der Waals surface area contributed by atoms with E-state index in [0.29, 0.717) is 5.92 Å². The zero-order valence-corrected chi connectivity index (χ0v) is 11.2. The van der Waals surface area contributed by atoms with E-state index in [-0.39, 0.29) is 0 Å². The highest BCUT2D eigenvalue weighted by atomic mass is 16.5. The van der Waals surface area contributed by atoms with Crippen molar-refractivity contribution in [1.82, 2.24) is 10.3 Å². The van der Waals surface area contributed by atoms with Crippen molar-refractivity contribution in [1.29, 1.82) is 0 Å². The van der Waals surface area contributed by atoms with Gasteiger partial charge in [-0.05, 0) is 31.0 Å². The van der Waals surface area contributed by atoms with Crippen LogP contribution in [0.1, 0.15) is 39.3 Å². The van der Waals surface area contributed by atoms with Gasteiger partial charge >= 0.3 is 0 Å². The fraction of sp³-hybridized carbons (Fsp3) is 0.643. The first kappa shape index (κ1) is 14.0. The van der Waals surface area contributed by atoms with E-state index in [1.165, 1.54) is 0 Å². The van der Waals surface area contributed by atoms with Gasteiger partial charge in [0.1, 0.15) is 5.75 Å². The maximum absolute atomic E-state index is 5.56. The Bertz CT molecular complexity index is 296. The van der Waals surface area contributed by atoms with Crippen LogP contribution in [-0.2, 0) is 6.54 Å². The van der Waals surface area contributed by atoms with Crippen LogP contribution in [0.4, 0.5) is 0 Å². The van der Waals surface area contributed by atoms with Gasteiger partial charge in [-0.25, -0.2) is 0 Å². The normalized spacial score (nSPS) is 10.8. The first-order valence-electron chi connectivity index (χ1n) is 6.50. The van der Waals surface area contributed by atoms with Gasteiger partial charge in [-0.3, -0.25) is 4.98 Å². The predicted octanol–water partition coefficient (Wildman–Crippen LogP) is 3.01. The van der Waals surface area contributed by atoms with Crippen molar-refractivity contribution in [2.75, 3.05) is 13.2 Å². The lowest BCUT2D eigenvalue weighted by Gasteiger charge is -2.08. The highest BCUT2D eigenvalue weighted by molar-refractivity contribution is 5.19. The summed E-state index contributed by atoms with van der Waals surface area (Å²) in [6, 6.07) is 4.02. The minimum Gasteiger partial charge on any atom is -0.492 e. The molecule has 0 radical (unpaired) electrons. The standard InChI is InChI=1S/C14H24N2O/c1-4-5-8-17-14-7-6-13(16-11-14)10-15-9-12(2)3/h6-7,11-12,15H,4-5,8-10H2,1-3H3. The molecule has 0 saturated heterocycles. The Hall–Kier alpha value is -1.09. The molecule has 17 heavy (non-hydrogen) atoms. The summed E-state index contributed by atoms with van der Waals surface area (Å²) in [6.45, 7) is 9.19. The Morgan fingerprint density at radius 2 is 2.18 bits per heavy atom. The van der Waals surface area contributed by atoms with Crippen molar-refractivity contribution in [3.8, 4) is 5.75 Å². The molecule has 1 N–H and O–H groups in total. The lowest BCUT2D eigenvalue weighted by molar-refractivity contribution is 0.308. The van der Waals surface area contributed by atoms with Crippen molar-refractivity contribution in [2.24, 2.45) is 5.92 Å². The summed E-state index contributed by atoms with van der Waals surface area (Å²) in [5.74, 6) is 1.54. The van der Waals surface area contributed by atoms with Gasteiger partial charge in [0, 0.05) is 6.54 Å². The molecule has 0 aliphatic carbocycles. The second-order valence-electron chi connectivity index (χ2n) is 4.71. The molecule has 0 amide bonds. The van der Waals surface area contributed by atoms with Gasteiger partial charge in [0.15, 0.2) is 0 Å².